The van der Waals surface area contributed by atoms with Gasteiger partial charge in [-0.3, -0.25) is 4.98 Å². The van der Waals surface area contributed by atoms with Crippen LogP contribution in [0.5, 0.6) is 0 Å². The molecular formula is C18H28IN5OS. The number of hydrogen-bond acceptors (Lipinski definition) is 5. The minimum atomic E-state index is 0. The van der Waals surface area contributed by atoms with E-state index >= 15 is 0 Å². The third kappa shape index (κ3) is 6.81. The van der Waals surface area contributed by atoms with Crippen molar-refractivity contribution in [3.63, 3.8) is 0 Å². The summed E-state index contributed by atoms with van der Waals surface area (Å²) in [5, 5.41) is 6.40. The van der Waals surface area contributed by atoms with E-state index < -0.39 is 0 Å². The van der Waals surface area contributed by atoms with Gasteiger partial charge in [0.1, 0.15) is 11.1 Å². The van der Waals surface area contributed by atoms with Crippen molar-refractivity contribution >= 4 is 41.3 Å². The van der Waals surface area contributed by atoms with Gasteiger partial charge in [0.25, 0.3) is 0 Å². The minimum Gasteiger partial charge on any atom is -0.375 e. The van der Waals surface area contributed by atoms with Gasteiger partial charge in [0.05, 0.1) is 24.5 Å². The molecule has 8 heteroatoms. The molecular weight excluding hydrogens is 461 g/mol. The van der Waals surface area contributed by atoms with Crippen LogP contribution in [-0.4, -0.2) is 41.5 Å². The van der Waals surface area contributed by atoms with E-state index in [-0.39, 0.29) is 30.1 Å². The predicted octanol–water partition coefficient (Wildman–Crippen LogP) is 3.77. The van der Waals surface area contributed by atoms with Gasteiger partial charge in [-0.1, -0.05) is 6.07 Å². The standard InChI is InChI=1S/C18H27N5OS.HI/c1-6-19-18(20-10-15-9-7-8-13(2)21-15)23(4)11-16-12-25-17(22-16)14(3)24-5;/h7-9,12,14H,6,10-11H2,1-5H3,(H,19,20);1H. The normalized spacial score (nSPS) is 12.4. The molecule has 0 aliphatic heterocycles. The third-order valence-electron chi connectivity index (χ3n) is 3.70. The maximum absolute atomic E-state index is 5.33. The van der Waals surface area contributed by atoms with Crippen molar-refractivity contribution in [3.05, 3.63) is 45.7 Å². The molecule has 1 atom stereocenters. The van der Waals surface area contributed by atoms with E-state index in [0.717, 1.165) is 34.6 Å². The van der Waals surface area contributed by atoms with Crippen molar-refractivity contribution in [2.75, 3.05) is 20.7 Å². The Bertz CT molecular complexity index is 706. The fourth-order valence-corrected chi connectivity index (χ4v) is 3.16. The molecule has 6 nitrogen and oxygen atoms in total. The average molecular weight is 489 g/mol. The molecule has 0 aliphatic rings. The fraction of sp³-hybridized carbons (Fsp3) is 0.500. The predicted molar refractivity (Wildman–Crippen MR) is 118 cm³/mol. The zero-order chi connectivity index (χ0) is 18.2. The number of ether oxygens (including phenoxy) is 1. The largest absolute Gasteiger partial charge is 0.375 e. The van der Waals surface area contributed by atoms with Crippen LogP contribution in [0, 0.1) is 6.92 Å². The first kappa shape index (κ1) is 22.8. The second-order valence-electron chi connectivity index (χ2n) is 5.85. The number of aryl methyl sites for hydroxylation is 1. The quantitative estimate of drug-likeness (QED) is 0.365. The number of nitrogens with one attached hydrogen (secondary N) is 1. The van der Waals surface area contributed by atoms with Crippen molar-refractivity contribution in [2.45, 2.75) is 40.0 Å². The van der Waals surface area contributed by atoms with Crippen molar-refractivity contribution < 1.29 is 4.74 Å². The number of nitrogens with zero attached hydrogens (tertiary/aromatic N) is 4. The molecule has 2 aromatic heterocycles. The van der Waals surface area contributed by atoms with Gasteiger partial charge in [-0.25, -0.2) is 9.98 Å². The van der Waals surface area contributed by atoms with E-state index in [4.69, 9.17) is 9.73 Å². The second kappa shape index (κ2) is 11.5. The zero-order valence-electron chi connectivity index (χ0n) is 16.0. The number of halogens is 1. The molecule has 2 aromatic rings. The summed E-state index contributed by atoms with van der Waals surface area (Å²) in [6.45, 7) is 8.12. The summed E-state index contributed by atoms with van der Waals surface area (Å²) in [5.41, 5.74) is 2.99. The van der Waals surface area contributed by atoms with Crippen molar-refractivity contribution in [1.82, 2.24) is 20.2 Å². The first-order chi connectivity index (χ1) is 12.0. The van der Waals surface area contributed by atoms with Crippen LogP contribution in [-0.2, 0) is 17.8 Å². The molecule has 0 bridgehead atoms. The Hall–Kier alpha value is -1.26. The van der Waals surface area contributed by atoms with Crippen LogP contribution in [0.15, 0.2) is 28.6 Å². The van der Waals surface area contributed by atoms with Crippen LogP contribution in [0.3, 0.4) is 0 Å². The molecule has 0 fully saturated rings. The molecule has 0 spiro atoms. The highest BCUT2D eigenvalue weighted by atomic mass is 127. The monoisotopic (exact) mass is 489 g/mol. The van der Waals surface area contributed by atoms with Crippen LogP contribution in [0.1, 0.15) is 42.0 Å². The number of aliphatic imine (C=N–C) groups is 1. The first-order valence-corrected chi connectivity index (χ1v) is 9.30. The maximum atomic E-state index is 5.33. The van der Waals surface area contributed by atoms with Crippen molar-refractivity contribution in [1.29, 1.82) is 0 Å². The highest BCUT2D eigenvalue weighted by Crippen LogP contribution is 2.20. The molecule has 1 N–H and O–H groups in total. The highest BCUT2D eigenvalue weighted by Gasteiger charge is 2.12. The van der Waals surface area contributed by atoms with E-state index in [2.05, 4.69) is 32.5 Å². The second-order valence-corrected chi connectivity index (χ2v) is 6.74. The summed E-state index contributed by atoms with van der Waals surface area (Å²) >= 11 is 1.63. The zero-order valence-corrected chi connectivity index (χ0v) is 19.2. The van der Waals surface area contributed by atoms with Gasteiger partial charge in [-0.05, 0) is 32.9 Å². The van der Waals surface area contributed by atoms with Gasteiger partial charge in [0.15, 0.2) is 5.96 Å². The Balaban J connectivity index is 0.00000338. The lowest BCUT2D eigenvalue weighted by Crippen LogP contribution is -2.38. The Kier molecular flexibility index (Phi) is 10.0. The molecule has 0 saturated carbocycles. The van der Waals surface area contributed by atoms with E-state index in [1.165, 1.54) is 0 Å². The third-order valence-corrected chi connectivity index (χ3v) is 4.76. The van der Waals surface area contributed by atoms with Gasteiger partial charge < -0.3 is 15.0 Å². The molecule has 1 unspecified atom stereocenters. The number of aromatic nitrogens is 2. The lowest BCUT2D eigenvalue weighted by molar-refractivity contribution is 0.119. The Morgan fingerprint density at radius 2 is 2.12 bits per heavy atom. The average Bonchev–Trinajstić information content (AvgIpc) is 3.06. The summed E-state index contributed by atoms with van der Waals surface area (Å²) in [4.78, 5) is 15.9. The Morgan fingerprint density at radius 1 is 1.35 bits per heavy atom. The number of pyridine rings is 1. The first-order valence-electron chi connectivity index (χ1n) is 8.42. The SMILES string of the molecule is CCNC(=NCc1cccc(C)n1)N(C)Cc1csc(C(C)OC)n1.I. The molecule has 0 amide bonds. The van der Waals surface area contributed by atoms with Gasteiger partial charge in [0.2, 0.25) is 0 Å². The molecule has 0 aromatic carbocycles. The van der Waals surface area contributed by atoms with E-state index in [0.29, 0.717) is 13.1 Å². The lowest BCUT2D eigenvalue weighted by atomic mass is 10.3. The van der Waals surface area contributed by atoms with Crippen molar-refractivity contribution in [2.24, 2.45) is 4.99 Å². The van der Waals surface area contributed by atoms with Crippen molar-refractivity contribution in [3.8, 4) is 0 Å². The van der Waals surface area contributed by atoms with Crippen LogP contribution in [0.4, 0.5) is 0 Å². The van der Waals surface area contributed by atoms with Crippen LogP contribution < -0.4 is 5.32 Å². The Labute approximate surface area is 177 Å². The van der Waals surface area contributed by atoms with Gasteiger partial charge in [0, 0.05) is 31.8 Å². The maximum Gasteiger partial charge on any atom is 0.194 e. The van der Waals surface area contributed by atoms with Gasteiger partial charge in [-0.15, -0.1) is 35.3 Å². The minimum absolute atomic E-state index is 0. The van der Waals surface area contributed by atoms with Crippen LogP contribution in [0.25, 0.3) is 0 Å². The summed E-state index contributed by atoms with van der Waals surface area (Å²) in [6, 6.07) is 6.00. The van der Waals surface area contributed by atoms with E-state index in [1.807, 2.05) is 39.1 Å². The molecule has 26 heavy (non-hydrogen) atoms. The lowest BCUT2D eigenvalue weighted by Gasteiger charge is -2.21. The molecule has 2 rings (SSSR count). The molecule has 144 valence electrons. The smallest absolute Gasteiger partial charge is 0.194 e. The number of methoxy groups -OCH3 is 1. The number of hydrogen-bond donors (Lipinski definition) is 1. The molecule has 2 heterocycles. The summed E-state index contributed by atoms with van der Waals surface area (Å²) in [5.74, 6) is 0.847. The van der Waals surface area contributed by atoms with Gasteiger partial charge >= 0.3 is 0 Å². The topological polar surface area (TPSA) is 62.6 Å². The summed E-state index contributed by atoms with van der Waals surface area (Å²) in [6.07, 6.45) is 0.0263. The molecule has 0 saturated heterocycles. The van der Waals surface area contributed by atoms with Crippen LogP contribution >= 0.6 is 35.3 Å². The fourth-order valence-electron chi connectivity index (χ4n) is 2.31. The van der Waals surface area contributed by atoms with E-state index in [1.54, 1.807) is 18.4 Å². The molecule has 0 radical (unpaired) electrons. The summed E-state index contributed by atoms with van der Waals surface area (Å²) < 4.78 is 5.33. The highest BCUT2D eigenvalue weighted by molar-refractivity contribution is 14.0. The number of guanidine groups is 1. The molecule has 0 aliphatic carbocycles. The number of rotatable bonds is 7. The Morgan fingerprint density at radius 3 is 2.77 bits per heavy atom. The summed E-state index contributed by atoms with van der Waals surface area (Å²) in [7, 11) is 3.72. The van der Waals surface area contributed by atoms with Gasteiger partial charge in [-0.2, -0.15) is 0 Å². The number of thiazole rings is 1. The van der Waals surface area contributed by atoms with Crippen LogP contribution in [0.2, 0.25) is 0 Å². The van der Waals surface area contributed by atoms with E-state index in [9.17, 15) is 0 Å².